The van der Waals surface area contributed by atoms with Gasteiger partial charge in [-0.05, 0) is 156 Å². The topological polar surface area (TPSA) is 210 Å². The van der Waals surface area contributed by atoms with Gasteiger partial charge in [0.1, 0.15) is 22.4 Å². The second kappa shape index (κ2) is 29.9. The van der Waals surface area contributed by atoms with Gasteiger partial charge in [0.2, 0.25) is 0 Å². The summed E-state index contributed by atoms with van der Waals surface area (Å²) in [4.78, 5) is 92.6. The first-order valence-corrected chi connectivity index (χ1v) is 24.6. The van der Waals surface area contributed by atoms with Crippen LogP contribution in [0, 0.1) is 33.0 Å². The maximum absolute atomic E-state index is 11.7. The van der Waals surface area contributed by atoms with Gasteiger partial charge in [-0.3, -0.25) is 19.2 Å². The molecule has 0 amide bonds. The molecule has 0 saturated carbocycles. The van der Waals surface area contributed by atoms with Crippen LogP contribution in [0.3, 0.4) is 0 Å². The van der Waals surface area contributed by atoms with Crippen molar-refractivity contribution in [2.75, 3.05) is 26.4 Å². The summed E-state index contributed by atoms with van der Waals surface area (Å²) in [6.07, 6.45) is 3.38. The zero-order chi connectivity index (χ0) is 56.7. The second-order valence-corrected chi connectivity index (χ2v) is 23.9. The molecule has 0 N–H and O–H groups in total. The van der Waals surface area contributed by atoms with Gasteiger partial charge >= 0.3 is 47.8 Å². The molecule has 0 aromatic heterocycles. The smallest absolute Gasteiger partial charge is 0.344 e. The Morgan fingerprint density at radius 2 is 0.586 bits per heavy atom. The Kier molecular flexibility index (Phi) is 30.9. The first-order valence-electron chi connectivity index (χ1n) is 24.6. The summed E-state index contributed by atoms with van der Waals surface area (Å²) >= 11 is 0. The van der Waals surface area contributed by atoms with E-state index in [1.54, 1.807) is 76.2 Å². The van der Waals surface area contributed by atoms with Crippen LogP contribution in [-0.4, -0.2) is 96.6 Å². The number of ether oxygens (including phenoxy) is 8. The summed E-state index contributed by atoms with van der Waals surface area (Å²) in [6, 6.07) is 0. The molecule has 0 unspecified atom stereocenters. The SMILES string of the molecule is CCC(C)(C)C(=O)OCC(=O)OC(C)(C)C.CCC(C)(C)C(=O)OCC(=O)OC(C)(C)C(C)(C)C.CCC(C)(C)C(=O)OCC(=O)OC(C)(C)C(C)C.CCC(C)(C)OC(=O)COC(=O)C(C)(C)CC. The van der Waals surface area contributed by atoms with Crippen molar-refractivity contribution >= 4 is 47.8 Å². The highest BCUT2D eigenvalue weighted by Gasteiger charge is 2.38. The quantitative estimate of drug-likeness (QED) is 0.0773. The minimum Gasteiger partial charge on any atom is -0.457 e. The molecule has 0 spiro atoms. The number of carbonyl (C=O) groups excluding carboxylic acids is 8. The van der Waals surface area contributed by atoms with E-state index in [4.69, 9.17) is 37.9 Å². The summed E-state index contributed by atoms with van der Waals surface area (Å²) in [5.74, 6) is -3.33. The maximum atomic E-state index is 11.7. The van der Waals surface area contributed by atoms with Crippen LogP contribution < -0.4 is 0 Å². The number of esters is 8. The first-order chi connectivity index (χ1) is 31.1. The molecule has 0 bridgehead atoms. The summed E-state index contributed by atoms with van der Waals surface area (Å²) in [5.41, 5.74) is -4.65. The van der Waals surface area contributed by atoms with Gasteiger partial charge < -0.3 is 37.9 Å². The monoisotopic (exact) mass is 1000 g/mol. The van der Waals surface area contributed by atoms with Crippen molar-refractivity contribution < 1.29 is 76.3 Å². The van der Waals surface area contributed by atoms with E-state index in [1.165, 1.54) is 0 Å². The first kappa shape index (κ1) is 72.3. The fourth-order valence-corrected chi connectivity index (χ4v) is 3.55. The lowest BCUT2D eigenvalue weighted by atomic mass is 9.79. The zero-order valence-corrected chi connectivity index (χ0v) is 49.0. The van der Waals surface area contributed by atoms with Gasteiger partial charge in [0.05, 0.1) is 21.7 Å². The molecular weight excluding hydrogens is 905 g/mol. The number of rotatable bonds is 21. The van der Waals surface area contributed by atoms with Gasteiger partial charge in [-0.1, -0.05) is 69.2 Å². The molecule has 0 radical (unpaired) electrons. The Labute approximate surface area is 423 Å². The average Bonchev–Trinajstić information content (AvgIpc) is 3.21. The van der Waals surface area contributed by atoms with Crippen molar-refractivity contribution in [3.63, 3.8) is 0 Å². The molecule has 0 aromatic carbocycles. The van der Waals surface area contributed by atoms with E-state index in [0.29, 0.717) is 32.1 Å². The van der Waals surface area contributed by atoms with Crippen LogP contribution in [-0.2, 0) is 76.3 Å². The molecule has 70 heavy (non-hydrogen) atoms. The van der Waals surface area contributed by atoms with Crippen LogP contribution in [0.25, 0.3) is 0 Å². The van der Waals surface area contributed by atoms with E-state index in [1.807, 2.05) is 111 Å². The highest BCUT2D eigenvalue weighted by Crippen LogP contribution is 2.33. The zero-order valence-electron chi connectivity index (χ0n) is 49.0. The van der Waals surface area contributed by atoms with Crippen molar-refractivity contribution in [1.82, 2.24) is 0 Å². The summed E-state index contributed by atoms with van der Waals surface area (Å²) in [5, 5.41) is 0. The predicted octanol–water partition coefficient (Wildman–Crippen LogP) is 11.3. The van der Waals surface area contributed by atoms with Crippen molar-refractivity contribution in [3.8, 4) is 0 Å². The summed E-state index contributed by atoms with van der Waals surface area (Å²) in [7, 11) is 0. The normalized spacial score (nSPS) is 12.5. The van der Waals surface area contributed by atoms with E-state index in [-0.39, 0.29) is 61.6 Å². The van der Waals surface area contributed by atoms with Gasteiger partial charge in [-0.25, -0.2) is 19.2 Å². The Morgan fingerprint density at radius 3 is 0.800 bits per heavy atom. The van der Waals surface area contributed by atoms with E-state index >= 15 is 0 Å². The molecule has 0 saturated heterocycles. The molecule has 16 heteroatoms. The fourth-order valence-electron chi connectivity index (χ4n) is 3.55. The molecule has 0 heterocycles. The Bertz CT molecular complexity index is 1660. The largest absolute Gasteiger partial charge is 0.457 e. The Balaban J connectivity index is -0.000000416. The van der Waals surface area contributed by atoms with E-state index in [2.05, 4.69) is 0 Å². The lowest BCUT2D eigenvalue weighted by molar-refractivity contribution is -0.178. The average molecular weight is 1010 g/mol. The van der Waals surface area contributed by atoms with Gasteiger partial charge in [0, 0.05) is 5.41 Å². The van der Waals surface area contributed by atoms with Crippen molar-refractivity contribution in [3.05, 3.63) is 0 Å². The molecule has 0 aliphatic carbocycles. The Morgan fingerprint density at radius 1 is 0.343 bits per heavy atom. The van der Waals surface area contributed by atoms with Crippen molar-refractivity contribution in [2.24, 2.45) is 33.0 Å². The van der Waals surface area contributed by atoms with Gasteiger partial charge in [-0.15, -0.1) is 0 Å². The molecule has 0 aromatic rings. The minimum atomic E-state index is -0.614. The van der Waals surface area contributed by atoms with Crippen LogP contribution >= 0.6 is 0 Å². The lowest BCUT2D eigenvalue weighted by Crippen LogP contribution is -2.42. The molecule has 0 fully saturated rings. The second-order valence-electron chi connectivity index (χ2n) is 23.9. The van der Waals surface area contributed by atoms with Crippen LogP contribution in [0.5, 0.6) is 0 Å². The molecular formula is C54H100O16. The maximum Gasteiger partial charge on any atom is 0.344 e. The molecule has 0 rings (SSSR count). The van der Waals surface area contributed by atoms with E-state index in [0.717, 1.165) is 0 Å². The molecule has 0 atom stereocenters. The highest BCUT2D eigenvalue weighted by atomic mass is 16.6. The van der Waals surface area contributed by atoms with E-state index < -0.39 is 67.9 Å². The van der Waals surface area contributed by atoms with Crippen LogP contribution in [0.15, 0.2) is 0 Å². The number of hydrogen-bond donors (Lipinski definition) is 0. The van der Waals surface area contributed by atoms with Crippen LogP contribution in [0.4, 0.5) is 0 Å². The standard InChI is InChI=1S/C15H28O4.C14H26O4.C13H24O4.C12H22O4/c1-9-14(5,6)12(17)18-10-11(16)19-15(7,8)13(2,3)4;1-8-13(4,5)12(16)17-9-11(15)18-14(6,7)10(2)3;1-7-12(3,4)11(15)16-9-10(14)17-13(5,6)8-2;1-7-12(5,6)10(14)15-8-9(13)16-11(2,3)4/h9-10H2,1-8H3;10H,8-9H2,1-7H3;7-9H2,1-6H3;7-8H2,1-6H3. The van der Waals surface area contributed by atoms with Gasteiger partial charge in [0.25, 0.3) is 0 Å². The number of carbonyl (C=O) groups is 8. The van der Waals surface area contributed by atoms with Crippen molar-refractivity contribution in [2.45, 2.75) is 241 Å². The molecule has 0 aliphatic rings. The van der Waals surface area contributed by atoms with E-state index in [9.17, 15) is 38.4 Å². The Hall–Kier alpha value is -4.24. The highest BCUT2D eigenvalue weighted by molar-refractivity contribution is 5.82. The van der Waals surface area contributed by atoms with Crippen molar-refractivity contribution in [1.29, 1.82) is 0 Å². The third kappa shape index (κ3) is 31.2. The third-order valence-corrected chi connectivity index (χ3v) is 12.6. The van der Waals surface area contributed by atoms with Gasteiger partial charge in [0.15, 0.2) is 26.4 Å². The third-order valence-electron chi connectivity index (χ3n) is 12.6. The fraction of sp³-hybridized carbons (Fsp3) is 0.852. The van der Waals surface area contributed by atoms with Gasteiger partial charge in [-0.2, -0.15) is 0 Å². The van der Waals surface area contributed by atoms with Crippen LogP contribution in [0.2, 0.25) is 0 Å². The predicted molar refractivity (Wildman–Crippen MR) is 271 cm³/mol. The summed E-state index contributed by atoms with van der Waals surface area (Å²) in [6.45, 7) is 48.8. The molecule has 0 aliphatic heterocycles. The summed E-state index contributed by atoms with van der Waals surface area (Å²) < 4.78 is 40.7. The van der Waals surface area contributed by atoms with Crippen LogP contribution in [0.1, 0.15) is 219 Å². The number of hydrogen-bond acceptors (Lipinski definition) is 16. The minimum absolute atomic E-state index is 0.185. The molecule has 16 nitrogen and oxygen atoms in total. The molecule has 412 valence electrons. The lowest BCUT2D eigenvalue weighted by Gasteiger charge is -2.37.